The Morgan fingerprint density at radius 2 is 2.21 bits per heavy atom. The van der Waals surface area contributed by atoms with E-state index in [1.807, 2.05) is 19.1 Å². The molecule has 2 heterocycles. The smallest absolute Gasteiger partial charge is 0.242 e. The molecule has 14 heavy (non-hydrogen) atoms. The van der Waals surface area contributed by atoms with E-state index in [1.54, 1.807) is 6.20 Å². The molecule has 74 valence electrons. The fraction of sp³-hybridized carbons (Fsp3) is 0.333. The van der Waals surface area contributed by atoms with Crippen LogP contribution in [0.2, 0.25) is 0 Å². The summed E-state index contributed by atoms with van der Waals surface area (Å²) in [5, 5.41) is 4.64. The van der Waals surface area contributed by atoms with Crippen molar-refractivity contribution in [1.29, 1.82) is 0 Å². The molecule has 0 aromatic carbocycles. The molecular formula is C9H9F2N3. The molecule has 0 aliphatic rings. The molecule has 0 aliphatic carbocycles. The quantitative estimate of drug-likeness (QED) is 0.737. The maximum absolute atomic E-state index is 12.1. The number of fused-ring (bicyclic) bond motifs is 1. The van der Waals surface area contributed by atoms with Gasteiger partial charge in [-0.25, -0.2) is 18.4 Å². The first-order valence-electron chi connectivity index (χ1n) is 4.24. The van der Waals surface area contributed by atoms with E-state index in [0.29, 0.717) is 5.65 Å². The minimum atomic E-state index is -2.40. The van der Waals surface area contributed by atoms with Crippen molar-refractivity contribution in [2.24, 2.45) is 0 Å². The lowest BCUT2D eigenvalue weighted by Gasteiger charge is -2.01. The van der Waals surface area contributed by atoms with Gasteiger partial charge in [0.25, 0.3) is 6.43 Å². The molecule has 2 rings (SSSR count). The normalized spacial score (nSPS) is 11.4. The first-order valence-corrected chi connectivity index (χ1v) is 4.24. The third kappa shape index (κ3) is 1.57. The van der Waals surface area contributed by atoms with Crippen molar-refractivity contribution < 1.29 is 8.78 Å². The predicted molar refractivity (Wildman–Crippen MR) is 48.3 cm³/mol. The summed E-state index contributed by atoms with van der Waals surface area (Å²) in [7, 11) is 0. The predicted octanol–water partition coefficient (Wildman–Crippen LogP) is 2.00. The lowest BCUT2D eigenvalue weighted by Crippen LogP contribution is -2.08. The molecule has 0 unspecified atom stereocenters. The summed E-state index contributed by atoms with van der Waals surface area (Å²) in [6, 6.07) is 3.66. The van der Waals surface area contributed by atoms with E-state index < -0.39 is 13.0 Å². The van der Waals surface area contributed by atoms with Gasteiger partial charge in [0.15, 0.2) is 5.65 Å². The van der Waals surface area contributed by atoms with Gasteiger partial charge >= 0.3 is 0 Å². The maximum Gasteiger partial charge on any atom is 0.258 e. The molecule has 2 aromatic heterocycles. The van der Waals surface area contributed by atoms with Crippen LogP contribution in [0.3, 0.4) is 0 Å². The van der Waals surface area contributed by atoms with E-state index in [0.717, 1.165) is 11.1 Å². The Morgan fingerprint density at radius 3 is 2.93 bits per heavy atom. The van der Waals surface area contributed by atoms with Gasteiger partial charge in [-0.05, 0) is 19.1 Å². The van der Waals surface area contributed by atoms with E-state index in [2.05, 4.69) is 10.1 Å². The average molecular weight is 197 g/mol. The second-order valence-corrected chi connectivity index (χ2v) is 3.08. The molecular weight excluding hydrogens is 188 g/mol. The number of rotatable bonds is 2. The van der Waals surface area contributed by atoms with E-state index in [4.69, 9.17) is 0 Å². The van der Waals surface area contributed by atoms with Crippen LogP contribution in [0.1, 0.15) is 5.69 Å². The highest BCUT2D eigenvalue weighted by molar-refractivity contribution is 5.74. The average Bonchev–Trinajstić information content (AvgIpc) is 2.47. The molecule has 0 saturated heterocycles. The van der Waals surface area contributed by atoms with Crippen molar-refractivity contribution in [3.63, 3.8) is 0 Å². The fourth-order valence-electron chi connectivity index (χ4n) is 1.31. The zero-order chi connectivity index (χ0) is 10.1. The number of aromatic nitrogens is 3. The Labute approximate surface area is 79.4 Å². The van der Waals surface area contributed by atoms with Crippen molar-refractivity contribution in [3.8, 4) is 0 Å². The summed E-state index contributed by atoms with van der Waals surface area (Å²) >= 11 is 0. The van der Waals surface area contributed by atoms with Crippen LogP contribution in [0.5, 0.6) is 0 Å². The molecule has 0 radical (unpaired) electrons. The van der Waals surface area contributed by atoms with Crippen LogP contribution in [0.25, 0.3) is 11.0 Å². The molecule has 0 fully saturated rings. The first-order chi connectivity index (χ1) is 6.66. The van der Waals surface area contributed by atoms with Crippen LogP contribution < -0.4 is 0 Å². The van der Waals surface area contributed by atoms with Crippen molar-refractivity contribution in [2.75, 3.05) is 0 Å². The Bertz CT molecular complexity index is 450. The van der Waals surface area contributed by atoms with Crippen LogP contribution in [0.15, 0.2) is 18.3 Å². The second kappa shape index (κ2) is 3.32. The Morgan fingerprint density at radius 1 is 1.43 bits per heavy atom. The van der Waals surface area contributed by atoms with E-state index in [9.17, 15) is 8.78 Å². The summed E-state index contributed by atoms with van der Waals surface area (Å²) in [5.74, 6) is 0. The molecule has 5 heteroatoms. The molecule has 0 saturated carbocycles. The summed E-state index contributed by atoms with van der Waals surface area (Å²) in [4.78, 5) is 4.16. The van der Waals surface area contributed by atoms with Gasteiger partial charge in [-0.15, -0.1) is 0 Å². The van der Waals surface area contributed by atoms with Gasteiger partial charge in [-0.3, -0.25) is 0 Å². The molecule has 3 nitrogen and oxygen atoms in total. The Kier molecular flexibility index (Phi) is 2.15. The molecule has 0 amide bonds. The molecule has 0 aliphatic heterocycles. The van der Waals surface area contributed by atoms with Crippen LogP contribution >= 0.6 is 0 Å². The van der Waals surface area contributed by atoms with E-state index in [1.165, 1.54) is 4.68 Å². The zero-order valence-corrected chi connectivity index (χ0v) is 7.61. The number of nitrogens with zero attached hydrogens (tertiary/aromatic N) is 3. The molecule has 2 aromatic rings. The Hall–Kier alpha value is -1.52. The van der Waals surface area contributed by atoms with Gasteiger partial charge in [0.2, 0.25) is 0 Å². The topological polar surface area (TPSA) is 30.7 Å². The molecule has 0 N–H and O–H groups in total. The van der Waals surface area contributed by atoms with Crippen molar-refractivity contribution in [3.05, 3.63) is 24.0 Å². The fourth-order valence-corrected chi connectivity index (χ4v) is 1.31. The van der Waals surface area contributed by atoms with Crippen molar-refractivity contribution >= 4 is 11.0 Å². The standard InChI is InChI=1S/C9H9F2N3/c1-6-2-3-7-4-12-14(5-8(10)11)9(7)13-6/h2-4,8H,5H2,1H3. The maximum atomic E-state index is 12.1. The number of hydrogen-bond acceptors (Lipinski definition) is 2. The van der Waals surface area contributed by atoms with Crippen LogP contribution in [-0.4, -0.2) is 21.2 Å². The highest BCUT2D eigenvalue weighted by Crippen LogP contribution is 2.12. The van der Waals surface area contributed by atoms with Crippen LogP contribution in [-0.2, 0) is 6.54 Å². The summed E-state index contributed by atoms with van der Waals surface area (Å²) in [6.07, 6.45) is -0.857. The number of alkyl halides is 2. The number of pyridine rings is 1. The highest BCUT2D eigenvalue weighted by Gasteiger charge is 2.09. The summed E-state index contributed by atoms with van der Waals surface area (Å²) in [6.45, 7) is 1.42. The van der Waals surface area contributed by atoms with Crippen molar-refractivity contribution in [2.45, 2.75) is 19.9 Å². The summed E-state index contributed by atoms with van der Waals surface area (Å²) in [5.41, 5.74) is 1.32. The molecule has 0 atom stereocenters. The SMILES string of the molecule is Cc1ccc2cnn(CC(F)F)c2n1. The minimum Gasteiger partial charge on any atom is -0.242 e. The molecule has 0 bridgehead atoms. The lowest BCUT2D eigenvalue weighted by molar-refractivity contribution is 0.123. The molecule has 0 spiro atoms. The highest BCUT2D eigenvalue weighted by atomic mass is 19.3. The van der Waals surface area contributed by atoms with E-state index in [-0.39, 0.29) is 0 Å². The largest absolute Gasteiger partial charge is 0.258 e. The minimum absolute atomic E-state index is 0.403. The second-order valence-electron chi connectivity index (χ2n) is 3.08. The Balaban J connectivity index is 2.50. The van der Waals surface area contributed by atoms with Gasteiger partial charge in [-0.1, -0.05) is 0 Å². The van der Waals surface area contributed by atoms with Crippen LogP contribution in [0, 0.1) is 6.92 Å². The van der Waals surface area contributed by atoms with Gasteiger partial charge in [-0.2, -0.15) is 5.10 Å². The van der Waals surface area contributed by atoms with Gasteiger partial charge in [0.1, 0.15) is 6.54 Å². The van der Waals surface area contributed by atoms with Gasteiger partial charge in [0, 0.05) is 11.1 Å². The summed E-state index contributed by atoms with van der Waals surface area (Å²) < 4.78 is 25.5. The number of hydrogen-bond donors (Lipinski definition) is 0. The number of aryl methyl sites for hydroxylation is 1. The zero-order valence-electron chi connectivity index (χ0n) is 7.61. The van der Waals surface area contributed by atoms with E-state index >= 15 is 0 Å². The third-order valence-electron chi connectivity index (χ3n) is 1.94. The first kappa shape index (κ1) is 9.05. The third-order valence-corrected chi connectivity index (χ3v) is 1.94. The van der Waals surface area contributed by atoms with Gasteiger partial charge < -0.3 is 0 Å². The van der Waals surface area contributed by atoms with Crippen molar-refractivity contribution in [1.82, 2.24) is 14.8 Å². The monoisotopic (exact) mass is 197 g/mol. The van der Waals surface area contributed by atoms with Gasteiger partial charge in [0.05, 0.1) is 6.20 Å². The lowest BCUT2D eigenvalue weighted by atomic mass is 10.3. The number of halogens is 2. The van der Waals surface area contributed by atoms with Crippen LogP contribution in [0.4, 0.5) is 8.78 Å².